The summed E-state index contributed by atoms with van der Waals surface area (Å²) < 4.78 is 40.4. The van der Waals surface area contributed by atoms with Gasteiger partial charge < -0.3 is 11.1 Å². The molecule has 124 valence electrons. The van der Waals surface area contributed by atoms with Crippen molar-refractivity contribution in [1.82, 2.24) is 20.2 Å². The molecule has 3 rings (SSSR count). The molecule has 2 heterocycles. The van der Waals surface area contributed by atoms with E-state index in [0.717, 1.165) is 6.07 Å². The maximum atomic E-state index is 13.5. The molecule has 0 saturated heterocycles. The molecule has 0 amide bonds. The molecule has 0 aliphatic carbocycles. The average Bonchev–Trinajstić information content (AvgIpc) is 2.92. The molecular formula is C14H10ClF3N6. The van der Waals surface area contributed by atoms with Crippen molar-refractivity contribution in [2.45, 2.75) is 6.18 Å². The van der Waals surface area contributed by atoms with Crippen LogP contribution in [0.1, 0.15) is 5.56 Å². The lowest BCUT2D eigenvalue weighted by Crippen LogP contribution is -2.09. The number of nitrogen functional groups attached to an aromatic ring is 1. The molecule has 10 heteroatoms. The van der Waals surface area contributed by atoms with E-state index in [-0.39, 0.29) is 28.2 Å². The molecule has 0 saturated carbocycles. The van der Waals surface area contributed by atoms with E-state index in [1.165, 1.54) is 30.6 Å². The van der Waals surface area contributed by atoms with Crippen molar-refractivity contribution < 1.29 is 13.2 Å². The van der Waals surface area contributed by atoms with Crippen molar-refractivity contribution in [3.05, 3.63) is 47.2 Å². The number of hydrogen-bond donors (Lipinski definition) is 3. The number of nitrogens with two attached hydrogens (primary N) is 1. The van der Waals surface area contributed by atoms with Crippen LogP contribution in [0.3, 0.4) is 0 Å². The predicted molar refractivity (Wildman–Crippen MR) is 83.8 cm³/mol. The highest BCUT2D eigenvalue weighted by atomic mass is 35.5. The third-order valence-corrected chi connectivity index (χ3v) is 3.42. The molecule has 0 fully saturated rings. The fourth-order valence-electron chi connectivity index (χ4n) is 2.17. The number of H-pyrrole nitrogens is 1. The molecule has 0 aliphatic heterocycles. The van der Waals surface area contributed by atoms with E-state index >= 15 is 0 Å². The zero-order chi connectivity index (χ0) is 17.3. The number of alkyl halides is 3. The molecule has 24 heavy (non-hydrogen) atoms. The van der Waals surface area contributed by atoms with Gasteiger partial charge in [-0.1, -0.05) is 11.6 Å². The second kappa shape index (κ2) is 6.00. The van der Waals surface area contributed by atoms with E-state index in [9.17, 15) is 13.2 Å². The Hall–Kier alpha value is -2.81. The maximum Gasteiger partial charge on any atom is 0.417 e. The number of benzene rings is 1. The van der Waals surface area contributed by atoms with Crippen LogP contribution in [0.25, 0.3) is 11.1 Å². The largest absolute Gasteiger partial charge is 0.417 e. The summed E-state index contributed by atoms with van der Waals surface area (Å²) in [7, 11) is 0. The Labute approximate surface area is 138 Å². The summed E-state index contributed by atoms with van der Waals surface area (Å²) in [5, 5.41) is 8.64. The summed E-state index contributed by atoms with van der Waals surface area (Å²) in [6, 6.07) is 5.21. The van der Waals surface area contributed by atoms with Crippen LogP contribution < -0.4 is 11.1 Å². The average molecular weight is 355 g/mol. The predicted octanol–water partition coefficient (Wildman–Crippen LogP) is 3.86. The molecule has 0 spiro atoms. The van der Waals surface area contributed by atoms with Crippen LogP contribution in [-0.2, 0) is 6.18 Å². The molecule has 2 aromatic heterocycles. The van der Waals surface area contributed by atoms with Crippen molar-refractivity contribution in [2.24, 2.45) is 0 Å². The zero-order valence-electron chi connectivity index (χ0n) is 11.9. The standard InChI is InChI=1S/C14H10ClF3N6/c15-10-6-8(21-13-22-12(19)23-24-13)5-9(14(16,17)18)11(10)7-1-3-20-4-2-7/h1-6H,(H4,19,21,22,23,24). The van der Waals surface area contributed by atoms with Crippen molar-refractivity contribution in [3.63, 3.8) is 0 Å². The molecule has 0 radical (unpaired) electrons. The quantitative estimate of drug-likeness (QED) is 0.664. The van der Waals surface area contributed by atoms with Gasteiger partial charge in [0.25, 0.3) is 0 Å². The Morgan fingerprint density at radius 1 is 1.17 bits per heavy atom. The van der Waals surface area contributed by atoms with Gasteiger partial charge in [0.2, 0.25) is 11.9 Å². The van der Waals surface area contributed by atoms with E-state index in [1.54, 1.807) is 0 Å². The Morgan fingerprint density at radius 2 is 1.88 bits per heavy atom. The molecule has 0 unspecified atom stereocenters. The van der Waals surface area contributed by atoms with E-state index in [1.807, 2.05) is 0 Å². The number of hydrogen-bond acceptors (Lipinski definition) is 5. The summed E-state index contributed by atoms with van der Waals surface area (Å²) in [6.07, 6.45) is -1.80. The summed E-state index contributed by atoms with van der Waals surface area (Å²) in [6.45, 7) is 0. The molecule has 6 nitrogen and oxygen atoms in total. The number of aromatic nitrogens is 4. The monoisotopic (exact) mass is 354 g/mol. The smallest absolute Gasteiger partial charge is 0.368 e. The molecular weight excluding hydrogens is 345 g/mol. The normalized spacial score (nSPS) is 11.5. The third kappa shape index (κ3) is 3.25. The minimum Gasteiger partial charge on any atom is -0.368 e. The van der Waals surface area contributed by atoms with Crippen LogP contribution in [0.4, 0.5) is 30.8 Å². The van der Waals surface area contributed by atoms with Crippen molar-refractivity contribution in [1.29, 1.82) is 0 Å². The second-order valence-electron chi connectivity index (χ2n) is 4.78. The Morgan fingerprint density at radius 3 is 2.46 bits per heavy atom. The van der Waals surface area contributed by atoms with Gasteiger partial charge in [-0.3, -0.25) is 4.98 Å². The van der Waals surface area contributed by atoms with Gasteiger partial charge in [-0.15, -0.1) is 5.10 Å². The van der Waals surface area contributed by atoms with Crippen LogP contribution in [0, 0.1) is 0 Å². The minimum absolute atomic E-state index is 0.0352. The fraction of sp³-hybridized carbons (Fsp3) is 0.0714. The SMILES string of the molecule is Nc1nc(Nc2cc(Cl)c(-c3ccncc3)c(C(F)(F)F)c2)n[nH]1. The van der Waals surface area contributed by atoms with Crippen LogP contribution in [0.5, 0.6) is 0 Å². The molecule has 1 aromatic carbocycles. The number of rotatable bonds is 3. The van der Waals surface area contributed by atoms with Gasteiger partial charge in [0.1, 0.15) is 0 Å². The lowest BCUT2D eigenvalue weighted by molar-refractivity contribution is -0.137. The van der Waals surface area contributed by atoms with Crippen LogP contribution in [0.2, 0.25) is 5.02 Å². The van der Waals surface area contributed by atoms with Gasteiger partial charge in [0.15, 0.2) is 0 Å². The molecule has 3 aromatic rings. The minimum atomic E-state index is -4.60. The molecule has 0 atom stereocenters. The first-order valence-corrected chi connectivity index (χ1v) is 6.98. The van der Waals surface area contributed by atoms with E-state index in [2.05, 4.69) is 25.5 Å². The van der Waals surface area contributed by atoms with Crippen LogP contribution in [0.15, 0.2) is 36.7 Å². The lowest BCUT2D eigenvalue weighted by Gasteiger charge is -2.16. The molecule has 0 aliphatic rings. The number of aromatic amines is 1. The molecule has 4 N–H and O–H groups in total. The number of anilines is 3. The first-order chi connectivity index (χ1) is 11.3. The Kier molecular flexibility index (Phi) is 4.02. The summed E-state index contributed by atoms with van der Waals surface area (Å²) >= 11 is 6.11. The Bertz CT molecular complexity index is 863. The fourth-order valence-corrected chi connectivity index (χ4v) is 2.50. The van der Waals surface area contributed by atoms with Crippen molar-refractivity contribution >= 4 is 29.2 Å². The first-order valence-electron chi connectivity index (χ1n) is 6.60. The summed E-state index contributed by atoms with van der Waals surface area (Å²) in [4.78, 5) is 7.58. The number of nitrogens with zero attached hydrogens (tertiary/aromatic N) is 3. The number of nitrogens with one attached hydrogen (secondary N) is 2. The third-order valence-electron chi connectivity index (χ3n) is 3.12. The second-order valence-corrected chi connectivity index (χ2v) is 5.19. The van der Waals surface area contributed by atoms with Gasteiger partial charge in [-0.05, 0) is 29.8 Å². The summed E-state index contributed by atoms with van der Waals surface area (Å²) in [5.74, 6) is 0.0707. The van der Waals surface area contributed by atoms with Crippen molar-refractivity contribution in [3.8, 4) is 11.1 Å². The highest BCUT2D eigenvalue weighted by molar-refractivity contribution is 6.33. The topological polar surface area (TPSA) is 92.5 Å². The van der Waals surface area contributed by atoms with Gasteiger partial charge >= 0.3 is 6.18 Å². The first kappa shape index (κ1) is 16.1. The van der Waals surface area contributed by atoms with Crippen LogP contribution in [-0.4, -0.2) is 20.2 Å². The maximum absolute atomic E-state index is 13.5. The van der Waals surface area contributed by atoms with E-state index < -0.39 is 11.7 Å². The number of pyridine rings is 1. The number of halogens is 4. The van der Waals surface area contributed by atoms with Gasteiger partial charge in [0.05, 0.1) is 10.6 Å². The lowest BCUT2D eigenvalue weighted by atomic mass is 9.99. The highest BCUT2D eigenvalue weighted by Crippen LogP contribution is 2.42. The molecule has 0 bridgehead atoms. The van der Waals surface area contributed by atoms with Crippen molar-refractivity contribution in [2.75, 3.05) is 11.1 Å². The van der Waals surface area contributed by atoms with Crippen LogP contribution >= 0.6 is 11.6 Å². The van der Waals surface area contributed by atoms with Gasteiger partial charge in [-0.2, -0.15) is 18.2 Å². The Balaban J connectivity index is 2.11. The van der Waals surface area contributed by atoms with E-state index in [0.29, 0.717) is 5.56 Å². The van der Waals surface area contributed by atoms with E-state index in [4.69, 9.17) is 17.3 Å². The van der Waals surface area contributed by atoms with Gasteiger partial charge in [0, 0.05) is 23.6 Å². The highest BCUT2D eigenvalue weighted by Gasteiger charge is 2.35. The zero-order valence-corrected chi connectivity index (χ0v) is 12.7. The summed E-state index contributed by atoms with van der Waals surface area (Å²) in [5.41, 5.74) is 4.78. The van der Waals surface area contributed by atoms with Gasteiger partial charge in [-0.25, -0.2) is 5.10 Å².